The molecule has 31 heavy (non-hydrogen) atoms. The van der Waals surface area contributed by atoms with Gasteiger partial charge in [-0.05, 0) is 63.3 Å². The summed E-state index contributed by atoms with van der Waals surface area (Å²) in [6, 6.07) is 5.85. The number of ether oxygens (including phenoxy) is 1. The zero-order valence-electron chi connectivity index (χ0n) is 18.6. The van der Waals surface area contributed by atoms with Gasteiger partial charge in [0, 0.05) is 11.6 Å². The third kappa shape index (κ3) is 5.34. The first kappa shape index (κ1) is 23.0. The Hall–Kier alpha value is -2.67. The molecule has 2 amide bonds. The summed E-state index contributed by atoms with van der Waals surface area (Å²) < 4.78 is 5.21. The van der Waals surface area contributed by atoms with Crippen molar-refractivity contribution in [1.82, 2.24) is 0 Å². The van der Waals surface area contributed by atoms with Gasteiger partial charge in [-0.1, -0.05) is 31.4 Å². The second-order valence-corrected chi connectivity index (χ2v) is 9.10. The topological polar surface area (TPSA) is 84.5 Å². The molecular formula is C24H30N2O4S. The Morgan fingerprint density at radius 2 is 1.77 bits per heavy atom. The molecule has 2 aromatic rings. The van der Waals surface area contributed by atoms with Crippen LogP contribution in [0.5, 0.6) is 0 Å². The second-order valence-electron chi connectivity index (χ2n) is 8.08. The van der Waals surface area contributed by atoms with Gasteiger partial charge in [-0.25, -0.2) is 4.79 Å². The van der Waals surface area contributed by atoms with Gasteiger partial charge in [-0.2, -0.15) is 0 Å². The molecule has 0 bridgehead atoms. The summed E-state index contributed by atoms with van der Waals surface area (Å²) in [5, 5.41) is 6.25. The van der Waals surface area contributed by atoms with Crippen molar-refractivity contribution in [1.29, 1.82) is 0 Å². The van der Waals surface area contributed by atoms with Crippen LogP contribution in [0.1, 0.15) is 75.7 Å². The van der Waals surface area contributed by atoms with Crippen molar-refractivity contribution in [3.8, 4) is 0 Å². The maximum absolute atomic E-state index is 13.1. The van der Waals surface area contributed by atoms with Crippen LogP contribution in [-0.2, 0) is 9.53 Å². The van der Waals surface area contributed by atoms with Crippen molar-refractivity contribution in [3.05, 3.63) is 45.3 Å². The summed E-state index contributed by atoms with van der Waals surface area (Å²) in [4.78, 5) is 38.9. The molecule has 1 saturated carbocycles. The van der Waals surface area contributed by atoms with Crippen LogP contribution in [0.3, 0.4) is 0 Å². The first-order chi connectivity index (χ1) is 14.8. The molecule has 1 aliphatic carbocycles. The van der Waals surface area contributed by atoms with Crippen LogP contribution in [0.4, 0.5) is 10.7 Å². The number of esters is 1. The summed E-state index contributed by atoms with van der Waals surface area (Å²) >= 11 is 1.13. The van der Waals surface area contributed by atoms with Gasteiger partial charge in [0.05, 0.1) is 17.0 Å². The van der Waals surface area contributed by atoms with Gasteiger partial charge >= 0.3 is 5.97 Å². The van der Waals surface area contributed by atoms with E-state index in [0.29, 0.717) is 15.4 Å². The van der Waals surface area contributed by atoms with E-state index < -0.39 is 5.97 Å². The van der Waals surface area contributed by atoms with E-state index in [0.717, 1.165) is 60.3 Å². The Morgan fingerprint density at radius 3 is 2.45 bits per heavy atom. The molecule has 7 heteroatoms. The number of anilines is 2. The van der Waals surface area contributed by atoms with Crippen LogP contribution in [0, 0.1) is 26.7 Å². The lowest BCUT2D eigenvalue weighted by Gasteiger charge is -2.20. The van der Waals surface area contributed by atoms with Gasteiger partial charge in [0.15, 0.2) is 0 Å². The molecule has 1 aliphatic rings. The minimum Gasteiger partial charge on any atom is -0.462 e. The number of rotatable bonds is 6. The van der Waals surface area contributed by atoms with E-state index in [9.17, 15) is 14.4 Å². The molecule has 0 unspecified atom stereocenters. The lowest BCUT2D eigenvalue weighted by atomic mass is 9.89. The van der Waals surface area contributed by atoms with Gasteiger partial charge in [0.1, 0.15) is 5.00 Å². The number of thiophene rings is 1. The second kappa shape index (κ2) is 10.1. The number of hydrogen-bond acceptors (Lipinski definition) is 5. The van der Waals surface area contributed by atoms with E-state index >= 15 is 0 Å². The molecular weight excluding hydrogens is 412 g/mol. The fourth-order valence-electron chi connectivity index (χ4n) is 3.90. The lowest BCUT2D eigenvalue weighted by Crippen LogP contribution is -2.25. The molecule has 1 heterocycles. The Labute approximate surface area is 187 Å². The van der Waals surface area contributed by atoms with E-state index in [1.807, 2.05) is 32.0 Å². The normalized spacial score (nSPS) is 14.2. The monoisotopic (exact) mass is 442 g/mol. The molecule has 0 atom stereocenters. The van der Waals surface area contributed by atoms with Crippen LogP contribution in [-0.4, -0.2) is 24.4 Å². The first-order valence-electron chi connectivity index (χ1n) is 10.8. The van der Waals surface area contributed by atoms with Gasteiger partial charge in [-0.15, -0.1) is 11.3 Å². The molecule has 1 aromatic heterocycles. The highest BCUT2D eigenvalue weighted by Gasteiger charge is 2.29. The van der Waals surface area contributed by atoms with Crippen molar-refractivity contribution in [2.45, 2.75) is 59.8 Å². The number of aryl methyl sites for hydroxylation is 2. The van der Waals surface area contributed by atoms with E-state index in [2.05, 4.69) is 10.6 Å². The maximum atomic E-state index is 13.1. The summed E-state index contributed by atoms with van der Waals surface area (Å²) in [5.41, 5.74) is 3.50. The predicted molar refractivity (Wildman–Crippen MR) is 124 cm³/mol. The third-order valence-electron chi connectivity index (χ3n) is 5.69. The van der Waals surface area contributed by atoms with Gasteiger partial charge < -0.3 is 15.4 Å². The molecule has 166 valence electrons. The highest BCUT2D eigenvalue weighted by Crippen LogP contribution is 2.36. The highest BCUT2D eigenvalue weighted by atomic mass is 32.1. The van der Waals surface area contributed by atoms with E-state index in [-0.39, 0.29) is 29.9 Å². The Bertz CT molecular complexity index is 990. The summed E-state index contributed by atoms with van der Waals surface area (Å²) in [6.45, 7) is 7.55. The van der Waals surface area contributed by atoms with Crippen LogP contribution < -0.4 is 10.6 Å². The average molecular weight is 443 g/mol. The van der Waals surface area contributed by atoms with Gasteiger partial charge in [-0.3, -0.25) is 9.59 Å². The van der Waals surface area contributed by atoms with Crippen molar-refractivity contribution in [3.63, 3.8) is 0 Å². The third-order valence-corrected chi connectivity index (χ3v) is 6.89. The Balaban J connectivity index is 1.90. The van der Waals surface area contributed by atoms with Crippen molar-refractivity contribution in [2.24, 2.45) is 5.92 Å². The van der Waals surface area contributed by atoms with Crippen molar-refractivity contribution >= 4 is 39.8 Å². The van der Waals surface area contributed by atoms with Crippen molar-refractivity contribution in [2.75, 3.05) is 17.2 Å². The molecule has 0 spiro atoms. The number of carbonyl (C=O) groups excluding carboxylic acids is 3. The highest BCUT2D eigenvalue weighted by molar-refractivity contribution is 7.19. The fraction of sp³-hybridized carbons (Fsp3) is 0.458. The molecule has 0 radical (unpaired) electrons. The Kier molecular flexibility index (Phi) is 7.49. The fourth-order valence-corrected chi connectivity index (χ4v) is 4.99. The molecule has 0 aliphatic heterocycles. The van der Waals surface area contributed by atoms with Crippen LogP contribution in [0.2, 0.25) is 0 Å². The number of hydrogen-bond donors (Lipinski definition) is 2. The quantitative estimate of drug-likeness (QED) is 0.569. The summed E-state index contributed by atoms with van der Waals surface area (Å²) in [6.07, 6.45) is 4.93. The molecule has 1 aromatic carbocycles. The smallest absolute Gasteiger partial charge is 0.341 e. The average Bonchev–Trinajstić information content (AvgIpc) is 3.07. The number of nitrogens with one attached hydrogen (secondary N) is 2. The van der Waals surface area contributed by atoms with E-state index in [1.165, 1.54) is 0 Å². The van der Waals surface area contributed by atoms with E-state index in [4.69, 9.17) is 4.74 Å². The number of amides is 2. The van der Waals surface area contributed by atoms with E-state index in [1.54, 1.807) is 13.8 Å². The lowest BCUT2D eigenvalue weighted by molar-refractivity contribution is -0.120. The molecule has 2 N–H and O–H groups in total. The largest absolute Gasteiger partial charge is 0.462 e. The van der Waals surface area contributed by atoms with Crippen molar-refractivity contribution < 1.29 is 19.1 Å². The zero-order valence-corrected chi connectivity index (χ0v) is 19.4. The standard InChI is InChI=1S/C24H30N2O4S/c1-5-30-24(29)19-16(4)20(22(28)25-18-13-14(2)11-12-15(18)3)31-23(19)26-21(27)17-9-7-6-8-10-17/h11-13,17H,5-10H2,1-4H3,(H,25,28)(H,26,27). The van der Waals surface area contributed by atoms with Crippen LogP contribution in [0.25, 0.3) is 0 Å². The van der Waals surface area contributed by atoms with Gasteiger partial charge in [0.2, 0.25) is 5.91 Å². The Morgan fingerprint density at radius 1 is 1.06 bits per heavy atom. The zero-order chi connectivity index (χ0) is 22.5. The predicted octanol–water partition coefficient (Wildman–Crippen LogP) is 5.62. The minimum absolute atomic E-state index is 0.0570. The maximum Gasteiger partial charge on any atom is 0.341 e. The van der Waals surface area contributed by atoms with Crippen LogP contribution >= 0.6 is 11.3 Å². The van der Waals surface area contributed by atoms with Gasteiger partial charge in [0.25, 0.3) is 5.91 Å². The number of benzene rings is 1. The summed E-state index contributed by atoms with van der Waals surface area (Å²) in [7, 11) is 0. The van der Waals surface area contributed by atoms with Crippen LogP contribution in [0.15, 0.2) is 18.2 Å². The first-order valence-corrected chi connectivity index (χ1v) is 11.6. The molecule has 0 saturated heterocycles. The molecule has 3 rings (SSSR count). The molecule has 1 fully saturated rings. The number of carbonyl (C=O) groups is 3. The SMILES string of the molecule is CCOC(=O)c1c(NC(=O)C2CCCCC2)sc(C(=O)Nc2cc(C)ccc2C)c1C. The summed E-state index contributed by atoms with van der Waals surface area (Å²) in [5.74, 6) is -0.979. The molecule has 6 nitrogen and oxygen atoms in total. The minimum atomic E-state index is -0.527.